The Hall–Kier alpha value is -6.10. The zero-order chi connectivity index (χ0) is 31.6. The van der Waals surface area contributed by atoms with Gasteiger partial charge in [0, 0.05) is 65.6 Å². The van der Waals surface area contributed by atoms with Crippen molar-refractivity contribution in [2.24, 2.45) is 0 Å². The molecule has 0 aliphatic heterocycles. The van der Waals surface area contributed by atoms with Crippen molar-refractivity contribution in [2.45, 2.75) is 0 Å². The summed E-state index contributed by atoms with van der Waals surface area (Å²) >= 11 is 1.84. The first-order chi connectivity index (χ1) is 23.8. The number of pyridine rings is 2. The van der Waals surface area contributed by atoms with Crippen molar-refractivity contribution in [3.8, 4) is 44.8 Å². The van der Waals surface area contributed by atoms with Crippen LogP contribution in [0, 0.1) is 0 Å². The van der Waals surface area contributed by atoms with Gasteiger partial charge >= 0.3 is 0 Å². The molecule has 0 aliphatic carbocycles. The highest BCUT2D eigenvalue weighted by molar-refractivity contribution is 7.26. The number of hydrogen-bond acceptors (Lipinski definition) is 4. The zero-order valence-electron chi connectivity index (χ0n) is 25.7. The maximum atomic E-state index is 6.25. The average Bonchev–Trinajstić information content (AvgIpc) is 3.73. The predicted molar refractivity (Wildman–Crippen MR) is 201 cm³/mol. The van der Waals surface area contributed by atoms with Crippen molar-refractivity contribution in [2.75, 3.05) is 0 Å². The van der Waals surface area contributed by atoms with Crippen LogP contribution in [0.1, 0.15) is 0 Å². The van der Waals surface area contributed by atoms with E-state index in [-0.39, 0.29) is 0 Å². The Balaban J connectivity index is 0.935. The van der Waals surface area contributed by atoms with Gasteiger partial charge in [0.25, 0.3) is 0 Å². The van der Waals surface area contributed by atoms with Gasteiger partial charge in [-0.2, -0.15) is 0 Å². The molecule has 10 aromatic rings. The first-order valence-corrected chi connectivity index (χ1v) is 16.9. The second-order valence-corrected chi connectivity index (χ2v) is 13.3. The fourth-order valence-corrected chi connectivity index (χ4v) is 8.18. The van der Waals surface area contributed by atoms with Gasteiger partial charge in [0.1, 0.15) is 11.2 Å². The van der Waals surface area contributed by atoms with Gasteiger partial charge in [-0.3, -0.25) is 9.97 Å². The quantitative estimate of drug-likeness (QED) is 0.194. The van der Waals surface area contributed by atoms with Gasteiger partial charge in [0.05, 0.1) is 11.4 Å². The summed E-state index contributed by atoms with van der Waals surface area (Å²) in [4.78, 5) is 9.80. The molecule has 0 fully saturated rings. The normalized spacial score (nSPS) is 11.8. The molecule has 0 amide bonds. The lowest BCUT2D eigenvalue weighted by atomic mass is 9.98. The molecule has 48 heavy (non-hydrogen) atoms. The molecule has 0 aliphatic rings. The van der Waals surface area contributed by atoms with E-state index in [2.05, 4.69) is 127 Å². The van der Waals surface area contributed by atoms with E-state index in [4.69, 9.17) is 14.4 Å². The van der Waals surface area contributed by atoms with E-state index in [1.54, 1.807) is 0 Å². The van der Waals surface area contributed by atoms with Gasteiger partial charge in [-0.15, -0.1) is 11.3 Å². The summed E-state index contributed by atoms with van der Waals surface area (Å²) < 4.78 is 8.84. The van der Waals surface area contributed by atoms with Crippen molar-refractivity contribution in [1.29, 1.82) is 0 Å². The highest BCUT2D eigenvalue weighted by Crippen LogP contribution is 2.40. The molecule has 0 radical (unpaired) electrons. The third-order valence-corrected chi connectivity index (χ3v) is 10.6. The summed E-state index contributed by atoms with van der Waals surface area (Å²) in [6, 6.07) is 51.4. The summed E-state index contributed by atoms with van der Waals surface area (Å²) in [5.41, 5.74) is 10.3. The van der Waals surface area contributed by atoms with E-state index in [0.717, 1.165) is 61.1 Å². The minimum atomic E-state index is 0.874. The Morgan fingerprint density at radius 2 is 1.02 bits per heavy atom. The van der Waals surface area contributed by atoms with E-state index in [9.17, 15) is 0 Å². The molecular formula is C44H26N2OS. The van der Waals surface area contributed by atoms with Crippen LogP contribution in [0.5, 0.6) is 0 Å². The molecule has 0 saturated carbocycles. The fraction of sp³-hybridized carbons (Fsp3) is 0. The summed E-state index contributed by atoms with van der Waals surface area (Å²) in [7, 11) is 0. The smallest absolute Gasteiger partial charge is 0.144 e. The molecule has 6 aromatic carbocycles. The largest absolute Gasteiger partial charge is 0.455 e. The molecule has 0 bridgehead atoms. The lowest BCUT2D eigenvalue weighted by molar-refractivity contribution is 0.670. The van der Waals surface area contributed by atoms with Crippen molar-refractivity contribution in [3.05, 3.63) is 158 Å². The summed E-state index contributed by atoms with van der Waals surface area (Å²) in [5, 5.41) is 7.21. The molecule has 0 spiro atoms. The van der Waals surface area contributed by atoms with Gasteiger partial charge in [-0.05, 0) is 64.4 Å². The van der Waals surface area contributed by atoms with Crippen LogP contribution in [-0.4, -0.2) is 9.97 Å². The number of benzene rings is 6. The van der Waals surface area contributed by atoms with Crippen LogP contribution in [0.3, 0.4) is 0 Å². The second kappa shape index (κ2) is 10.7. The third-order valence-electron chi connectivity index (χ3n) is 9.39. The number of fused-ring (bicyclic) bond motifs is 7. The highest BCUT2D eigenvalue weighted by Gasteiger charge is 2.14. The predicted octanol–water partition coefficient (Wildman–Crippen LogP) is 12.6. The van der Waals surface area contributed by atoms with Crippen LogP contribution in [0.15, 0.2) is 162 Å². The summed E-state index contributed by atoms with van der Waals surface area (Å²) in [5.74, 6) is 0. The number of rotatable bonds is 4. The van der Waals surface area contributed by atoms with E-state index < -0.39 is 0 Å². The Morgan fingerprint density at radius 1 is 0.438 bits per heavy atom. The number of furan rings is 1. The first-order valence-electron chi connectivity index (χ1n) is 16.0. The van der Waals surface area contributed by atoms with E-state index in [0.29, 0.717) is 0 Å². The van der Waals surface area contributed by atoms with Crippen LogP contribution in [0.2, 0.25) is 0 Å². The zero-order valence-corrected chi connectivity index (χ0v) is 26.5. The number of nitrogens with zero attached hydrogens (tertiary/aromatic N) is 2. The van der Waals surface area contributed by atoms with Gasteiger partial charge in [0.2, 0.25) is 0 Å². The Morgan fingerprint density at radius 3 is 1.73 bits per heavy atom. The minimum absolute atomic E-state index is 0.874. The molecule has 10 rings (SSSR count). The molecule has 3 nitrogen and oxygen atoms in total. The number of hydrogen-bond donors (Lipinski definition) is 0. The van der Waals surface area contributed by atoms with Crippen LogP contribution in [0.4, 0.5) is 0 Å². The SMILES string of the molecule is c1ccc2c(c1)oc1c(-c3ccc(-c4ccc5cc(-c6ccc(-c7cccc8c7sc7ccccc78)nc6)ccc5c4)cn3)cccc12. The van der Waals surface area contributed by atoms with E-state index in [1.165, 1.54) is 36.5 Å². The van der Waals surface area contributed by atoms with Gasteiger partial charge < -0.3 is 4.42 Å². The minimum Gasteiger partial charge on any atom is -0.455 e. The molecule has 0 saturated heterocycles. The fourth-order valence-electron chi connectivity index (χ4n) is 6.95. The van der Waals surface area contributed by atoms with Gasteiger partial charge in [-0.25, -0.2) is 0 Å². The highest BCUT2D eigenvalue weighted by atomic mass is 32.1. The van der Waals surface area contributed by atoms with Crippen LogP contribution >= 0.6 is 11.3 Å². The second-order valence-electron chi connectivity index (χ2n) is 12.2. The van der Waals surface area contributed by atoms with Crippen molar-refractivity contribution in [3.63, 3.8) is 0 Å². The van der Waals surface area contributed by atoms with Crippen molar-refractivity contribution < 1.29 is 4.42 Å². The Labute approximate surface area is 280 Å². The van der Waals surface area contributed by atoms with E-state index >= 15 is 0 Å². The lowest BCUT2D eigenvalue weighted by Crippen LogP contribution is -1.87. The number of thiophene rings is 1. The monoisotopic (exact) mass is 630 g/mol. The number of aromatic nitrogens is 2. The summed E-state index contributed by atoms with van der Waals surface area (Å²) in [6.07, 6.45) is 3.95. The molecule has 4 heterocycles. The molecule has 0 unspecified atom stereocenters. The van der Waals surface area contributed by atoms with Crippen molar-refractivity contribution >= 4 is 64.2 Å². The van der Waals surface area contributed by atoms with E-state index in [1.807, 2.05) is 41.9 Å². The van der Waals surface area contributed by atoms with Crippen LogP contribution in [0.25, 0.3) is 97.7 Å². The summed E-state index contributed by atoms with van der Waals surface area (Å²) in [6.45, 7) is 0. The molecule has 4 heteroatoms. The van der Waals surface area contributed by atoms with Gasteiger partial charge in [-0.1, -0.05) is 103 Å². The molecule has 224 valence electrons. The maximum absolute atomic E-state index is 6.25. The molecule has 0 N–H and O–H groups in total. The lowest BCUT2D eigenvalue weighted by Gasteiger charge is -2.09. The Kier molecular flexibility index (Phi) is 6.05. The molecular weight excluding hydrogens is 605 g/mol. The Bertz CT molecular complexity index is 2630. The average molecular weight is 631 g/mol. The van der Waals surface area contributed by atoms with Crippen LogP contribution < -0.4 is 0 Å². The topological polar surface area (TPSA) is 38.9 Å². The molecule has 4 aromatic heterocycles. The van der Waals surface area contributed by atoms with Crippen LogP contribution in [-0.2, 0) is 0 Å². The first kappa shape index (κ1) is 27.1. The number of para-hydroxylation sites is 2. The standard InChI is InChI=1S/C44H26N2OS/c1-3-13-41-33(7-1)35-9-5-11-37(43(35)47-41)39-21-19-31(25-45-39)29-17-15-28-24-30(18-16-27(28)23-29)32-20-22-40(46-26-32)38-12-6-10-36-34-8-2-4-14-42(34)48-44(36)38/h1-26H. The van der Waals surface area contributed by atoms with Gasteiger partial charge in [0.15, 0.2) is 0 Å². The third kappa shape index (κ3) is 4.34. The van der Waals surface area contributed by atoms with Crippen molar-refractivity contribution in [1.82, 2.24) is 9.97 Å². The molecule has 0 atom stereocenters. The maximum Gasteiger partial charge on any atom is 0.144 e.